The average molecular weight is 337 g/mol. The molecule has 1 saturated heterocycles. The molecule has 0 spiro atoms. The predicted octanol–water partition coefficient (Wildman–Crippen LogP) is 2.73. The van der Waals surface area contributed by atoms with Gasteiger partial charge in [-0.3, -0.25) is 4.18 Å². The van der Waals surface area contributed by atoms with Crippen molar-refractivity contribution in [1.29, 1.82) is 0 Å². The predicted molar refractivity (Wildman–Crippen MR) is 76.0 cm³/mol. The average Bonchev–Trinajstić information content (AvgIpc) is 2.44. The van der Waals surface area contributed by atoms with Gasteiger partial charge in [0, 0.05) is 0 Å². The second kappa shape index (κ2) is 6.55. The van der Waals surface area contributed by atoms with E-state index < -0.39 is 22.4 Å². The van der Waals surface area contributed by atoms with Crippen LogP contribution in [0.1, 0.15) is 36.0 Å². The van der Waals surface area contributed by atoms with E-state index >= 15 is 0 Å². The van der Waals surface area contributed by atoms with Gasteiger partial charge in [0.05, 0.1) is 6.26 Å². The molecule has 1 unspecified atom stereocenters. The van der Waals surface area contributed by atoms with E-state index in [0.29, 0.717) is 24.7 Å². The number of hydrogen-bond acceptors (Lipinski definition) is 4. The number of rotatable bonds is 4. The standard InChI is InChI=1S/C14H18F3NO3S/c1-22(19,20)21-13(14(15,16)17)12-5-3-2-4-11(12)10-6-8-18-9-7-10/h2-5,10,13,18H,6-9H2,1H3. The van der Waals surface area contributed by atoms with Gasteiger partial charge in [-0.05, 0) is 43.0 Å². The molecule has 0 bridgehead atoms. The van der Waals surface area contributed by atoms with Crippen LogP contribution >= 0.6 is 0 Å². The summed E-state index contributed by atoms with van der Waals surface area (Å²) in [5, 5.41) is 3.15. The molecule has 2 rings (SSSR count). The number of halogens is 3. The van der Waals surface area contributed by atoms with E-state index in [1.54, 1.807) is 12.1 Å². The van der Waals surface area contributed by atoms with Crippen molar-refractivity contribution in [2.45, 2.75) is 31.0 Å². The van der Waals surface area contributed by atoms with Crippen LogP contribution < -0.4 is 5.32 Å². The summed E-state index contributed by atoms with van der Waals surface area (Å²) in [6.07, 6.45) is -5.22. The Kier molecular flexibility index (Phi) is 5.14. The summed E-state index contributed by atoms with van der Waals surface area (Å²) in [7, 11) is -4.23. The molecule has 1 aromatic carbocycles. The zero-order valence-corrected chi connectivity index (χ0v) is 12.9. The molecule has 1 heterocycles. The maximum atomic E-state index is 13.3. The van der Waals surface area contributed by atoms with Crippen molar-refractivity contribution in [2.24, 2.45) is 0 Å². The largest absolute Gasteiger partial charge is 0.420 e. The van der Waals surface area contributed by atoms with Gasteiger partial charge in [-0.2, -0.15) is 21.6 Å². The Labute approximate surface area is 127 Å². The summed E-state index contributed by atoms with van der Waals surface area (Å²) in [6.45, 7) is 1.45. The number of alkyl halides is 3. The lowest BCUT2D eigenvalue weighted by Gasteiger charge is -2.28. The fraction of sp³-hybridized carbons (Fsp3) is 0.571. The first kappa shape index (κ1) is 17.2. The molecular weight excluding hydrogens is 319 g/mol. The molecule has 1 fully saturated rings. The first-order valence-electron chi connectivity index (χ1n) is 6.93. The van der Waals surface area contributed by atoms with Crippen molar-refractivity contribution < 1.29 is 25.8 Å². The van der Waals surface area contributed by atoms with Crippen molar-refractivity contribution in [1.82, 2.24) is 5.32 Å². The number of nitrogens with one attached hydrogen (secondary N) is 1. The van der Waals surface area contributed by atoms with Crippen molar-refractivity contribution in [3.63, 3.8) is 0 Å². The Morgan fingerprint density at radius 2 is 1.82 bits per heavy atom. The summed E-state index contributed by atoms with van der Waals surface area (Å²) in [5.74, 6) is -0.0366. The highest BCUT2D eigenvalue weighted by Crippen LogP contribution is 2.41. The van der Waals surface area contributed by atoms with Gasteiger partial charge in [-0.1, -0.05) is 24.3 Å². The molecule has 1 aliphatic heterocycles. The number of benzene rings is 1. The fourth-order valence-electron chi connectivity index (χ4n) is 2.71. The lowest BCUT2D eigenvalue weighted by Crippen LogP contribution is -2.30. The first-order valence-corrected chi connectivity index (χ1v) is 8.74. The highest BCUT2D eigenvalue weighted by molar-refractivity contribution is 7.86. The molecule has 0 aliphatic carbocycles. The van der Waals surface area contributed by atoms with Crippen LogP contribution in [-0.2, 0) is 14.3 Å². The van der Waals surface area contributed by atoms with Crippen molar-refractivity contribution >= 4 is 10.1 Å². The molecule has 0 radical (unpaired) electrons. The minimum absolute atomic E-state index is 0.0366. The molecule has 4 nitrogen and oxygen atoms in total. The van der Waals surface area contributed by atoms with Gasteiger partial charge in [-0.25, -0.2) is 0 Å². The van der Waals surface area contributed by atoms with Gasteiger partial charge in [0.2, 0.25) is 0 Å². The lowest BCUT2D eigenvalue weighted by molar-refractivity contribution is -0.196. The smallest absolute Gasteiger partial charge is 0.317 e. The molecular formula is C14H18F3NO3S. The molecule has 124 valence electrons. The van der Waals surface area contributed by atoms with E-state index in [9.17, 15) is 21.6 Å². The van der Waals surface area contributed by atoms with Gasteiger partial charge >= 0.3 is 6.18 Å². The molecule has 22 heavy (non-hydrogen) atoms. The molecule has 1 aromatic rings. The molecule has 0 aromatic heterocycles. The second-order valence-electron chi connectivity index (χ2n) is 5.38. The number of piperidine rings is 1. The SMILES string of the molecule is CS(=O)(=O)OC(c1ccccc1C1CCNCC1)C(F)(F)F. The van der Waals surface area contributed by atoms with Gasteiger partial charge in [0.15, 0.2) is 6.10 Å². The highest BCUT2D eigenvalue weighted by Gasteiger charge is 2.45. The van der Waals surface area contributed by atoms with E-state index in [1.165, 1.54) is 12.1 Å². The minimum atomic E-state index is -4.80. The third kappa shape index (κ3) is 4.44. The quantitative estimate of drug-likeness (QED) is 0.859. The Morgan fingerprint density at radius 3 is 2.36 bits per heavy atom. The Hall–Kier alpha value is -1.12. The van der Waals surface area contributed by atoms with Crippen LogP contribution in [0.2, 0.25) is 0 Å². The summed E-state index contributed by atoms with van der Waals surface area (Å²) in [6, 6.07) is 6.04. The molecule has 0 amide bonds. The van der Waals surface area contributed by atoms with Crippen molar-refractivity contribution in [3.05, 3.63) is 35.4 Å². The van der Waals surface area contributed by atoms with E-state index in [-0.39, 0.29) is 11.5 Å². The zero-order valence-electron chi connectivity index (χ0n) is 12.1. The summed E-state index contributed by atoms with van der Waals surface area (Å²) < 4.78 is 66.6. The summed E-state index contributed by atoms with van der Waals surface area (Å²) in [4.78, 5) is 0. The molecule has 8 heteroatoms. The topological polar surface area (TPSA) is 55.4 Å². The Morgan fingerprint density at radius 1 is 1.23 bits per heavy atom. The van der Waals surface area contributed by atoms with Gasteiger partial charge in [0.25, 0.3) is 10.1 Å². The summed E-state index contributed by atoms with van der Waals surface area (Å²) >= 11 is 0. The van der Waals surface area contributed by atoms with Gasteiger partial charge in [-0.15, -0.1) is 0 Å². The third-order valence-corrected chi connectivity index (χ3v) is 4.17. The molecule has 0 saturated carbocycles. The van der Waals surface area contributed by atoms with E-state index in [2.05, 4.69) is 9.50 Å². The maximum absolute atomic E-state index is 13.3. The van der Waals surface area contributed by atoms with Gasteiger partial charge < -0.3 is 5.32 Å². The van der Waals surface area contributed by atoms with Crippen LogP contribution in [0.25, 0.3) is 0 Å². The fourth-order valence-corrected chi connectivity index (χ4v) is 3.27. The lowest BCUT2D eigenvalue weighted by atomic mass is 9.85. The van der Waals surface area contributed by atoms with E-state index in [0.717, 1.165) is 13.1 Å². The maximum Gasteiger partial charge on any atom is 0.420 e. The second-order valence-corrected chi connectivity index (χ2v) is 6.98. The number of hydrogen-bond donors (Lipinski definition) is 1. The Balaban J connectivity index is 2.43. The highest BCUT2D eigenvalue weighted by atomic mass is 32.2. The minimum Gasteiger partial charge on any atom is -0.317 e. The van der Waals surface area contributed by atoms with Crippen LogP contribution in [-0.4, -0.2) is 33.9 Å². The van der Waals surface area contributed by atoms with E-state index in [4.69, 9.17) is 0 Å². The van der Waals surface area contributed by atoms with Crippen molar-refractivity contribution in [3.8, 4) is 0 Å². The zero-order chi connectivity index (χ0) is 16.4. The van der Waals surface area contributed by atoms with Crippen LogP contribution in [0, 0.1) is 0 Å². The van der Waals surface area contributed by atoms with Crippen LogP contribution in [0.5, 0.6) is 0 Å². The van der Waals surface area contributed by atoms with Crippen LogP contribution in [0.15, 0.2) is 24.3 Å². The normalized spacial score (nSPS) is 19.1. The molecule has 1 atom stereocenters. The van der Waals surface area contributed by atoms with Crippen LogP contribution in [0.4, 0.5) is 13.2 Å². The van der Waals surface area contributed by atoms with Gasteiger partial charge in [0.1, 0.15) is 0 Å². The monoisotopic (exact) mass is 337 g/mol. The van der Waals surface area contributed by atoms with Crippen LogP contribution in [0.3, 0.4) is 0 Å². The molecule has 1 N–H and O–H groups in total. The molecule has 1 aliphatic rings. The first-order chi connectivity index (χ1) is 10.2. The Bertz CT molecular complexity index is 610. The van der Waals surface area contributed by atoms with E-state index in [1.807, 2.05) is 0 Å². The summed E-state index contributed by atoms with van der Waals surface area (Å²) in [5.41, 5.74) is 0.391. The van der Waals surface area contributed by atoms with Crippen molar-refractivity contribution in [2.75, 3.05) is 19.3 Å². The third-order valence-electron chi connectivity index (χ3n) is 3.63.